The molecule has 1 aromatic rings. The van der Waals surface area contributed by atoms with Crippen molar-refractivity contribution in [2.24, 2.45) is 0 Å². The molecule has 1 aromatic carbocycles. The van der Waals surface area contributed by atoms with Crippen LogP contribution >= 0.6 is 7.60 Å². The molecule has 6 nitrogen and oxygen atoms in total. The molecule has 7 heteroatoms. The summed E-state index contributed by atoms with van der Waals surface area (Å²) in [6.07, 6.45) is 0. The number of methoxy groups -OCH3 is 1. The highest BCUT2D eigenvalue weighted by atomic mass is 31.2. The van der Waals surface area contributed by atoms with E-state index in [-0.39, 0.29) is 0 Å². The second-order valence-electron chi connectivity index (χ2n) is 3.47. The molecule has 0 amide bonds. The number of hydrogen-bond donors (Lipinski definition) is 1. The summed E-state index contributed by atoms with van der Waals surface area (Å²) in [4.78, 5) is 11.2. The third-order valence-corrected chi connectivity index (χ3v) is 3.97. The van der Waals surface area contributed by atoms with Gasteiger partial charge in [0.1, 0.15) is 6.04 Å². The highest BCUT2D eigenvalue weighted by Gasteiger charge is 2.28. The largest absolute Gasteiger partial charge is 0.468 e. The molecule has 1 unspecified atom stereocenters. The number of benzene rings is 1. The fourth-order valence-electron chi connectivity index (χ4n) is 1.18. The van der Waals surface area contributed by atoms with Crippen LogP contribution in [0.5, 0.6) is 0 Å². The molecular formula is C11H16NO5P. The first-order valence-electron chi connectivity index (χ1n) is 5.27. The maximum atomic E-state index is 12.3. The molecule has 0 aliphatic carbocycles. The first-order valence-corrected chi connectivity index (χ1v) is 6.81. The van der Waals surface area contributed by atoms with E-state index in [4.69, 9.17) is 9.15 Å². The van der Waals surface area contributed by atoms with Crippen LogP contribution in [0.15, 0.2) is 30.3 Å². The Morgan fingerprint density at radius 3 is 2.39 bits per heavy atom. The Labute approximate surface area is 106 Å². The molecule has 0 saturated carbocycles. The molecule has 0 bridgehead atoms. The number of hydroxylamine groups is 1. The predicted molar refractivity (Wildman–Crippen MR) is 66.4 cm³/mol. The molecule has 1 rings (SSSR count). The third kappa shape index (κ3) is 3.65. The average molecular weight is 273 g/mol. The van der Waals surface area contributed by atoms with E-state index >= 15 is 0 Å². The molecule has 0 heterocycles. The fourth-order valence-corrected chi connectivity index (χ4v) is 2.40. The smallest absolute Gasteiger partial charge is 0.377 e. The number of carbonyl (C=O) groups is 1. The lowest BCUT2D eigenvalue weighted by Crippen LogP contribution is -2.35. The van der Waals surface area contributed by atoms with E-state index in [1.807, 2.05) is 0 Å². The van der Waals surface area contributed by atoms with E-state index in [0.29, 0.717) is 5.30 Å². The summed E-state index contributed by atoms with van der Waals surface area (Å²) in [6, 6.07) is 7.71. The van der Waals surface area contributed by atoms with Gasteiger partial charge in [-0.05, 0) is 19.1 Å². The van der Waals surface area contributed by atoms with Gasteiger partial charge >= 0.3 is 13.6 Å². The Hall–Kier alpha value is -1.20. The molecule has 0 aromatic heterocycles. The van der Waals surface area contributed by atoms with Gasteiger partial charge in [0.2, 0.25) is 0 Å². The number of nitrogens with one attached hydrogen (secondary N) is 1. The quantitative estimate of drug-likeness (QED) is 0.477. The Morgan fingerprint density at radius 1 is 1.28 bits per heavy atom. The minimum absolute atomic E-state index is 0.400. The van der Waals surface area contributed by atoms with Crippen molar-refractivity contribution in [1.82, 2.24) is 5.48 Å². The number of carbonyl (C=O) groups excluding carboxylic acids is 1. The minimum atomic E-state index is -3.48. The van der Waals surface area contributed by atoms with Gasteiger partial charge in [0.05, 0.1) is 12.4 Å². The molecular weight excluding hydrogens is 257 g/mol. The van der Waals surface area contributed by atoms with Gasteiger partial charge in [-0.15, -0.1) is 0 Å². The van der Waals surface area contributed by atoms with Gasteiger partial charge < -0.3 is 9.26 Å². The monoisotopic (exact) mass is 273 g/mol. The van der Waals surface area contributed by atoms with Gasteiger partial charge in [0.25, 0.3) is 0 Å². The van der Waals surface area contributed by atoms with Crippen LogP contribution in [0.4, 0.5) is 0 Å². The van der Waals surface area contributed by atoms with Gasteiger partial charge in [0.15, 0.2) is 0 Å². The van der Waals surface area contributed by atoms with Gasteiger partial charge in [-0.1, -0.05) is 18.2 Å². The minimum Gasteiger partial charge on any atom is -0.468 e. The first kappa shape index (κ1) is 14.9. The van der Waals surface area contributed by atoms with Crippen LogP contribution in [-0.4, -0.2) is 26.2 Å². The van der Waals surface area contributed by atoms with Gasteiger partial charge in [-0.3, -0.25) is 9.36 Å². The average Bonchev–Trinajstić information content (AvgIpc) is 2.44. The highest BCUT2D eigenvalue weighted by Crippen LogP contribution is 2.44. The molecule has 0 radical (unpaired) electrons. The van der Waals surface area contributed by atoms with Crippen molar-refractivity contribution < 1.29 is 23.2 Å². The lowest BCUT2D eigenvalue weighted by molar-refractivity contribution is -0.144. The number of esters is 1. The summed E-state index contributed by atoms with van der Waals surface area (Å²) in [5.74, 6) is -0.522. The van der Waals surface area contributed by atoms with Crippen molar-refractivity contribution in [3.05, 3.63) is 30.3 Å². The zero-order valence-corrected chi connectivity index (χ0v) is 11.3. The van der Waals surface area contributed by atoms with E-state index < -0.39 is 19.6 Å². The third-order valence-electron chi connectivity index (χ3n) is 2.22. The van der Waals surface area contributed by atoms with E-state index in [2.05, 4.69) is 10.2 Å². The molecule has 18 heavy (non-hydrogen) atoms. The van der Waals surface area contributed by atoms with Crippen LogP contribution in [0.25, 0.3) is 0 Å². The maximum Gasteiger partial charge on any atom is 0.377 e. The fraction of sp³-hybridized carbons (Fsp3) is 0.364. The summed E-state index contributed by atoms with van der Waals surface area (Å²) < 4.78 is 26.8. The second-order valence-corrected chi connectivity index (χ2v) is 5.53. The van der Waals surface area contributed by atoms with Crippen LogP contribution in [0.2, 0.25) is 0 Å². The van der Waals surface area contributed by atoms with Gasteiger partial charge in [-0.25, -0.2) is 4.62 Å². The Balaban J connectivity index is 2.73. The standard InChI is InChI=1S/C11H16NO5P/c1-9(11(13)15-2)12-17-18(14,16-3)10-7-5-4-6-8-10/h4-9,12H,1-3H3/t9-,18?/m0/s1. The van der Waals surface area contributed by atoms with E-state index in [0.717, 1.165) is 0 Å². The van der Waals surface area contributed by atoms with Crippen LogP contribution in [0, 0.1) is 0 Å². The zero-order chi connectivity index (χ0) is 13.6. The topological polar surface area (TPSA) is 73.9 Å². The summed E-state index contributed by atoms with van der Waals surface area (Å²) in [7, 11) is -0.942. The second kappa shape index (κ2) is 6.66. The first-order chi connectivity index (χ1) is 8.53. The number of rotatable bonds is 6. The molecule has 0 aliphatic rings. The van der Waals surface area contributed by atoms with Crippen molar-refractivity contribution in [3.8, 4) is 0 Å². The molecule has 100 valence electrons. The molecule has 0 aliphatic heterocycles. The van der Waals surface area contributed by atoms with Crippen LogP contribution < -0.4 is 10.8 Å². The summed E-state index contributed by atoms with van der Waals surface area (Å²) >= 11 is 0. The number of ether oxygens (including phenoxy) is 1. The SMILES string of the molecule is COC(=O)[C@H](C)NOP(=O)(OC)c1ccccc1. The summed E-state index contributed by atoms with van der Waals surface area (Å²) in [6.45, 7) is 1.52. The highest BCUT2D eigenvalue weighted by molar-refractivity contribution is 7.62. The van der Waals surface area contributed by atoms with Crippen molar-refractivity contribution >= 4 is 18.9 Å². The Morgan fingerprint density at radius 2 is 1.89 bits per heavy atom. The lowest BCUT2D eigenvalue weighted by atomic mass is 10.4. The van der Waals surface area contributed by atoms with Crippen LogP contribution in [0.3, 0.4) is 0 Å². The lowest BCUT2D eigenvalue weighted by Gasteiger charge is -2.18. The zero-order valence-electron chi connectivity index (χ0n) is 10.5. The van der Waals surface area contributed by atoms with Crippen molar-refractivity contribution in [3.63, 3.8) is 0 Å². The molecule has 0 saturated heterocycles. The Kier molecular flexibility index (Phi) is 5.50. The van der Waals surface area contributed by atoms with Crippen LogP contribution in [0.1, 0.15) is 6.92 Å². The predicted octanol–water partition coefficient (Wildman–Crippen LogP) is 1.23. The molecule has 2 atom stereocenters. The maximum absolute atomic E-state index is 12.3. The Bertz CT molecular complexity index is 436. The summed E-state index contributed by atoms with van der Waals surface area (Å²) in [5, 5.41) is 0.400. The van der Waals surface area contributed by atoms with Gasteiger partial charge in [-0.2, -0.15) is 5.48 Å². The van der Waals surface area contributed by atoms with E-state index in [1.165, 1.54) is 21.1 Å². The molecule has 0 fully saturated rings. The van der Waals surface area contributed by atoms with Crippen LogP contribution in [-0.2, 0) is 23.2 Å². The van der Waals surface area contributed by atoms with Crippen molar-refractivity contribution in [1.29, 1.82) is 0 Å². The summed E-state index contributed by atoms with van der Waals surface area (Å²) in [5.41, 5.74) is 2.36. The van der Waals surface area contributed by atoms with Crippen molar-refractivity contribution in [2.75, 3.05) is 14.2 Å². The molecule has 0 spiro atoms. The van der Waals surface area contributed by atoms with E-state index in [1.54, 1.807) is 30.3 Å². The molecule has 1 N–H and O–H groups in total. The van der Waals surface area contributed by atoms with E-state index in [9.17, 15) is 9.36 Å². The number of hydrogen-bond acceptors (Lipinski definition) is 6. The van der Waals surface area contributed by atoms with Crippen molar-refractivity contribution in [2.45, 2.75) is 13.0 Å². The van der Waals surface area contributed by atoms with Gasteiger partial charge in [0, 0.05) is 7.11 Å². The normalized spacial score (nSPS) is 15.7.